The zero-order valence-electron chi connectivity index (χ0n) is 9.02. The fourth-order valence-electron chi connectivity index (χ4n) is 1.21. The third-order valence-electron chi connectivity index (χ3n) is 2.03. The van der Waals surface area contributed by atoms with Crippen LogP contribution in [0, 0.1) is 0 Å². The van der Waals surface area contributed by atoms with Gasteiger partial charge < -0.3 is 0 Å². The van der Waals surface area contributed by atoms with Crippen LogP contribution in [0.2, 0.25) is 10.0 Å². The first-order valence-electron chi connectivity index (χ1n) is 4.94. The van der Waals surface area contributed by atoms with E-state index >= 15 is 0 Å². The summed E-state index contributed by atoms with van der Waals surface area (Å²) in [5.74, 6) is 0.441. The minimum absolute atomic E-state index is 0.441. The average Bonchev–Trinajstić information content (AvgIpc) is 2.32. The zero-order valence-corrected chi connectivity index (χ0v) is 10.5. The van der Waals surface area contributed by atoms with Gasteiger partial charge in [-0.15, -0.1) is 0 Å². The van der Waals surface area contributed by atoms with Crippen molar-refractivity contribution in [1.82, 2.24) is 9.97 Å². The SMILES string of the molecule is O=c1nccc(NN=Cc2ccc(Cl)cc2Cl)[nH]1. The predicted molar refractivity (Wildman–Crippen MR) is 72.5 cm³/mol. The Morgan fingerprint density at radius 3 is 2.89 bits per heavy atom. The van der Waals surface area contributed by atoms with E-state index in [0.717, 1.165) is 0 Å². The fourth-order valence-corrected chi connectivity index (χ4v) is 1.67. The molecule has 92 valence electrons. The van der Waals surface area contributed by atoms with E-state index in [1.165, 1.54) is 12.4 Å². The smallest absolute Gasteiger partial charge is 0.291 e. The summed E-state index contributed by atoms with van der Waals surface area (Å²) in [5.41, 5.74) is 2.93. The molecule has 1 aromatic carbocycles. The molecule has 18 heavy (non-hydrogen) atoms. The standard InChI is InChI=1S/C11H8Cl2N4O/c12-8-2-1-7(9(13)5-8)6-15-17-10-3-4-14-11(18)16-10/h1-6H,(H2,14,16,17,18). The Labute approximate surface area is 112 Å². The van der Waals surface area contributed by atoms with E-state index in [9.17, 15) is 4.79 Å². The summed E-state index contributed by atoms with van der Waals surface area (Å²) in [6.45, 7) is 0. The van der Waals surface area contributed by atoms with Gasteiger partial charge in [-0.2, -0.15) is 5.10 Å². The number of halogens is 2. The van der Waals surface area contributed by atoms with Gasteiger partial charge in [0.15, 0.2) is 0 Å². The van der Waals surface area contributed by atoms with E-state index in [2.05, 4.69) is 20.5 Å². The molecule has 0 unspecified atom stereocenters. The highest BCUT2D eigenvalue weighted by molar-refractivity contribution is 6.36. The molecule has 2 rings (SSSR count). The van der Waals surface area contributed by atoms with Crippen LogP contribution in [0.5, 0.6) is 0 Å². The van der Waals surface area contributed by atoms with Crippen molar-refractivity contribution in [2.45, 2.75) is 0 Å². The summed E-state index contributed by atoms with van der Waals surface area (Å²) >= 11 is 11.7. The van der Waals surface area contributed by atoms with Crippen LogP contribution in [-0.4, -0.2) is 16.2 Å². The molecule has 2 aromatic rings. The molecular formula is C11H8Cl2N4O. The van der Waals surface area contributed by atoms with Crippen LogP contribution in [-0.2, 0) is 0 Å². The van der Waals surface area contributed by atoms with Crippen LogP contribution >= 0.6 is 23.2 Å². The molecule has 0 saturated carbocycles. The molecule has 0 spiro atoms. The third kappa shape index (κ3) is 3.32. The van der Waals surface area contributed by atoms with Crippen molar-refractivity contribution in [3.63, 3.8) is 0 Å². The molecule has 0 radical (unpaired) electrons. The number of hydrazone groups is 1. The van der Waals surface area contributed by atoms with Crippen molar-refractivity contribution < 1.29 is 0 Å². The van der Waals surface area contributed by atoms with Gasteiger partial charge in [-0.3, -0.25) is 10.4 Å². The predicted octanol–water partition coefficient (Wildman–Crippen LogP) is 2.52. The molecule has 0 bridgehead atoms. The quantitative estimate of drug-likeness (QED) is 0.671. The van der Waals surface area contributed by atoms with Gasteiger partial charge in [0.2, 0.25) is 0 Å². The maximum Gasteiger partial charge on any atom is 0.346 e. The lowest BCUT2D eigenvalue weighted by atomic mass is 10.2. The normalized spacial score (nSPS) is 10.8. The molecule has 0 fully saturated rings. The van der Waals surface area contributed by atoms with Crippen molar-refractivity contribution in [1.29, 1.82) is 0 Å². The fraction of sp³-hybridized carbons (Fsp3) is 0. The second kappa shape index (κ2) is 5.66. The Balaban J connectivity index is 2.10. The molecule has 0 amide bonds. The monoisotopic (exact) mass is 282 g/mol. The molecule has 0 aliphatic heterocycles. The van der Waals surface area contributed by atoms with E-state index in [1.54, 1.807) is 24.3 Å². The Morgan fingerprint density at radius 2 is 2.17 bits per heavy atom. The van der Waals surface area contributed by atoms with E-state index in [4.69, 9.17) is 23.2 Å². The molecule has 2 N–H and O–H groups in total. The van der Waals surface area contributed by atoms with Crippen molar-refractivity contribution in [2.75, 3.05) is 5.43 Å². The minimum atomic E-state index is -0.445. The molecule has 1 heterocycles. The van der Waals surface area contributed by atoms with E-state index in [-0.39, 0.29) is 0 Å². The van der Waals surface area contributed by atoms with Gasteiger partial charge in [-0.1, -0.05) is 29.3 Å². The highest BCUT2D eigenvalue weighted by Crippen LogP contribution is 2.19. The largest absolute Gasteiger partial charge is 0.346 e. The molecule has 5 nitrogen and oxygen atoms in total. The van der Waals surface area contributed by atoms with Crippen LogP contribution in [0.3, 0.4) is 0 Å². The number of nitrogens with one attached hydrogen (secondary N) is 2. The number of nitrogens with zero attached hydrogens (tertiary/aromatic N) is 2. The number of aromatic amines is 1. The van der Waals surface area contributed by atoms with Gasteiger partial charge >= 0.3 is 5.69 Å². The van der Waals surface area contributed by atoms with Crippen LogP contribution in [0.25, 0.3) is 0 Å². The number of H-pyrrole nitrogens is 1. The first-order valence-corrected chi connectivity index (χ1v) is 5.70. The number of aromatic nitrogens is 2. The van der Waals surface area contributed by atoms with Crippen LogP contribution < -0.4 is 11.1 Å². The number of anilines is 1. The summed E-state index contributed by atoms with van der Waals surface area (Å²) in [4.78, 5) is 16.9. The van der Waals surface area contributed by atoms with Gasteiger partial charge in [0.1, 0.15) is 5.82 Å². The highest BCUT2D eigenvalue weighted by atomic mass is 35.5. The molecular weight excluding hydrogens is 275 g/mol. The number of rotatable bonds is 3. The number of hydrogen-bond acceptors (Lipinski definition) is 4. The second-order valence-corrected chi connectivity index (χ2v) is 4.17. The molecule has 0 aliphatic rings. The van der Waals surface area contributed by atoms with Gasteiger partial charge in [-0.25, -0.2) is 9.78 Å². The van der Waals surface area contributed by atoms with Crippen LogP contribution in [0.1, 0.15) is 5.56 Å². The summed E-state index contributed by atoms with van der Waals surface area (Å²) in [6.07, 6.45) is 2.91. The molecule has 0 aliphatic carbocycles. The Hall–Kier alpha value is -1.85. The lowest BCUT2D eigenvalue weighted by Gasteiger charge is -2.00. The van der Waals surface area contributed by atoms with Crippen LogP contribution in [0.15, 0.2) is 40.4 Å². The molecule has 0 atom stereocenters. The van der Waals surface area contributed by atoms with Crippen molar-refractivity contribution >= 4 is 35.2 Å². The van der Waals surface area contributed by atoms with Gasteiger partial charge in [0.25, 0.3) is 0 Å². The zero-order chi connectivity index (χ0) is 13.0. The second-order valence-electron chi connectivity index (χ2n) is 3.32. The number of hydrogen-bond donors (Lipinski definition) is 2. The summed E-state index contributed by atoms with van der Waals surface area (Å²) in [7, 11) is 0. The minimum Gasteiger partial charge on any atom is -0.291 e. The Bertz CT molecular complexity index is 639. The first kappa shape index (κ1) is 12.6. The summed E-state index contributed by atoms with van der Waals surface area (Å²) in [6, 6.07) is 6.66. The van der Waals surface area contributed by atoms with E-state index in [0.29, 0.717) is 21.4 Å². The maximum atomic E-state index is 10.9. The van der Waals surface area contributed by atoms with Crippen LogP contribution in [0.4, 0.5) is 5.82 Å². The number of benzene rings is 1. The van der Waals surface area contributed by atoms with Crippen molar-refractivity contribution in [3.8, 4) is 0 Å². The lowest BCUT2D eigenvalue weighted by Crippen LogP contribution is -2.10. The summed E-state index contributed by atoms with van der Waals surface area (Å²) < 4.78 is 0. The first-order chi connectivity index (χ1) is 8.65. The lowest BCUT2D eigenvalue weighted by molar-refractivity contribution is 1.06. The van der Waals surface area contributed by atoms with Crippen molar-refractivity contribution in [3.05, 3.63) is 56.6 Å². The maximum absolute atomic E-state index is 10.9. The molecule has 7 heteroatoms. The van der Waals surface area contributed by atoms with E-state index < -0.39 is 5.69 Å². The Morgan fingerprint density at radius 1 is 1.33 bits per heavy atom. The van der Waals surface area contributed by atoms with Gasteiger partial charge in [0, 0.05) is 16.8 Å². The Kier molecular flexibility index (Phi) is 3.96. The average molecular weight is 283 g/mol. The van der Waals surface area contributed by atoms with E-state index in [1.807, 2.05) is 0 Å². The van der Waals surface area contributed by atoms with Gasteiger partial charge in [0.05, 0.1) is 11.2 Å². The summed E-state index contributed by atoms with van der Waals surface area (Å²) in [5, 5.41) is 5.00. The molecule has 1 aromatic heterocycles. The molecule has 0 saturated heterocycles. The third-order valence-corrected chi connectivity index (χ3v) is 2.59. The highest BCUT2D eigenvalue weighted by Gasteiger charge is 1.97. The van der Waals surface area contributed by atoms with Crippen molar-refractivity contribution in [2.24, 2.45) is 5.10 Å². The van der Waals surface area contributed by atoms with Gasteiger partial charge in [-0.05, 0) is 18.2 Å². The topological polar surface area (TPSA) is 70.1 Å².